The van der Waals surface area contributed by atoms with Gasteiger partial charge < -0.3 is 61.3 Å². The Kier molecular flexibility index (Phi) is 29.4. The molecule has 0 aromatic heterocycles. The molecule has 0 N–H and O–H groups in total. The van der Waals surface area contributed by atoms with E-state index in [2.05, 4.69) is 19.4 Å². The van der Waals surface area contributed by atoms with Crippen molar-refractivity contribution < 1.29 is 81.8 Å². The van der Waals surface area contributed by atoms with Crippen LogP contribution >= 0.6 is 0 Å². The van der Waals surface area contributed by atoms with Crippen LogP contribution in [0.5, 0.6) is 0 Å². The van der Waals surface area contributed by atoms with E-state index in [1.54, 1.807) is 0 Å². The smallest absolute Gasteiger partial charge is 0.356 e. The molecule has 0 saturated carbocycles. The second kappa shape index (κ2) is 23.6. The van der Waals surface area contributed by atoms with E-state index in [1.165, 1.54) is 0 Å². The van der Waals surface area contributed by atoms with Crippen LogP contribution in [0.4, 0.5) is 0 Å². The molecule has 0 radical (unpaired) electrons. The van der Waals surface area contributed by atoms with Crippen molar-refractivity contribution >= 4 is 0 Å². The maximum Gasteiger partial charge on any atom is 4.00 e. The first kappa shape index (κ1) is 42.4. The summed E-state index contributed by atoms with van der Waals surface area (Å²) in [5, 5.41) is 90.7. The Balaban J connectivity index is -0.0000000939. The van der Waals surface area contributed by atoms with Gasteiger partial charge in [0.1, 0.15) is 0 Å². The molecule has 0 aromatic carbocycles. The first-order chi connectivity index (χ1) is 14.6. The molecule has 0 atom stereocenters. The third-order valence-electron chi connectivity index (χ3n) is 0.745. The molecular formula is CN8O24Ti. The van der Waals surface area contributed by atoms with Crippen LogP contribution in [0, 0.1) is 102 Å². The second-order valence-electron chi connectivity index (χ2n) is 2.65. The fourth-order valence-corrected chi connectivity index (χ4v) is 0.465. The van der Waals surface area contributed by atoms with Gasteiger partial charge in [0.05, 0.1) is 20.3 Å². The summed E-state index contributed by atoms with van der Waals surface area (Å²) in [5.74, 6) is 0. The van der Waals surface area contributed by atoms with Gasteiger partial charge in [-0.15, -0.1) is 40.5 Å². The van der Waals surface area contributed by atoms with E-state index in [1.807, 2.05) is 0 Å². The molecule has 0 spiro atoms. The van der Waals surface area contributed by atoms with Crippen molar-refractivity contribution in [2.24, 2.45) is 0 Å². The van der Waals surface area contributed by atoms with Crippen LogP contribution in [0.2, 0.25) is 0 Å². The molecule has 0 aliphatic carbocycles. The molecule has 0 unspecified atom stereocenters. The molecule has 192 valence electrons. The van der Waals surface area contributed by atoms with Gasteiger partial charge >= 0.3 is 48.2 Å². The molecule has 0 heterocycles. The third-order valence-corrected chi connectivity index (χ3v) is 0.745. The van der Waals surface area contributed by atoms with E-state index < -0.39 is 46.9 Å². The van der Waals surface area contributed by atoms with Crippen LogP contribution in [-0.2, 0) is 41.1 Å². The summed E-state index contributed by atoms with van der Waals surface area (Å²) in [6.45, 7) is 0. The summed E-state index contributed by atoms with van der Waals surface area (Å²) in [6.07, 6.45) is -4.21. The van der Waals surface area contributed by atoms with Crippen LogP contribution < -0.4 is 0 Å². The van der Waals surface area contributed by atoms with Crippen molar-refractivity contribution in [2.75, 3.05) is 0 Å². The van der Waals surface area contributed by atoms with E-state index in [0.717, 1.165) is 0 Å². The Morgan fingerprint density at radius 3 is 0.500 bits per heavy atom. The molecule has 34 heavy (non-hydrogen) atoms. The Bertz CT molecular complexity index is 551. The van der Waals surface area contributed by atoms with Crippen molar-refractivity contribution in [3.05, 3.63) is 102 Å². The summed E-state index contributed by atoms with van der Waals surface area (Å²) in [4.78, 5) is 84.7. The normalized spacial score (nSPS) is 7.76. The van der Waals surface area contributed by atoms with E-state index in [0.29, 0.717) is 0 Å². The van der Waals surface area contributed by atoms with E-state index in [9.17, 15) is 40.5 Å². The van der Waals surface area contributed by atoms with Gasteiger partial charge in [-0.2, -0.15) is 0 Å². The SMILES string of the molecule is O=[N+]([O-])OC(O[N+](=O)[O-])(O[N+](=O)[O-])O[N+](=O)[O-].O=[N+]([O-])[O-].O=[N+]([O-])[O-].O=[N+]([O-])[O-].O=[N+]([O-])[O-].[Ti+4]. The van der Waals surface area contributed by atoms with Crippen molar-refractivity contribution in [3.63, 3.8) is 0 Å². The van der Waals surface area contributed by atoms with Crippen molar-refractivity contribution in [1.82, 2.24) is 0 Å². The van der Waals surface area contributed by atoms with Crippen LogP contribution in [0.1, 0.15) is 0 Å². The number of nitrogens with zero attached hydrogens (tertiary/aromatic N) is 8. The molecule has 0 fully saturated rings. The zero-order chi connectivity index (χ0) is 27.9. The maximum atomic E-state index is 9.83. The van der Waals surface area contributed by atoms with Crippen molar-refractivity contribution in [1.29, 1.82) is 0 Å². The van der Waals surface area contributed by atoms with Crippen LogP contribution in [0.3, 0.4) is 0 Å². The minimum absolute atomic E-state index is 0. The average Bonchev–Trinajstić information content (AvgIpc) is 2.40. The molecule has 33 heteroatoms. The van der Waals surface area contributed by atoms with Crippen LogP contribution in [-0.4, -0.2) is 46.9 Å². The van der Waals surface area contributed by atoms with E-state index in [-0.39, 0.29) is 21.7 Å². The molecule has 0 amide bonds. The minimum Gasteiger partial charge on any atom is -0.356 e. The van der Waals surface area contributed by atoms with Gasteiger partial charge in [0.15, 0.2) is 0 Å². The molecule has 0 saturated heterocycles. The van der Waals surface area contributed by atoms with Gasteiger partial charge in [-0.1, -0.05) is 0 Å². The largest absolute Gasteiger partial charge is 4.00 e. The Hall–Kier alpha value is -5.69. The fraction of sp³-hybridized carbons (Fsp3) is 1.00. The minimum atomic E-state index is -4.21. The van der Waals surface area contributed by atoms with Gasteiger partial charge in [0.25, 0.3) is 0 Å². The van der Waals surface area contributed by atoms with Gasteiger partial charge in [-0.25, -0.2) is 19.4 Å². The molecule has 0 rings (SSSR count). The summed E-state index contributed by atoms with van der Waals surface area (Å²) >= 11 is 0. The van der Waals surface area contributed by atoms with Crippen LogP contribution in [0.15, 0.2) is 0 Å². The Morgan fingerprint density at radius 1 is 0.353 bits per heavy atom. The molecule has 0 aromatic rings. The molecule has 0 aliphatic rings. The molecular weight excluding hydrogens is 556 g/mol. The first-order valence-corrected chi connectivity index (χ1v) is 5.20. The predicted molar refractivity (Wildman–Crippen MR) is 76.5 cm³/mol. The van der Waals surface area contributed by atoms with Gasteiger partial charge in [0.2, 0.25) is 0 Å². The second-order valence-corrected chi connectivity index (χ2v) is 2.65. The van der Waals surface area contributed by atoms with Gasteiger partial charge in [-0.3, -0.25) is 0 Å². The predicted octanol–water partition coefficient (Wildman–Crippen LogP) is -2.53. The zero-order valence-electron chi connectivity index (χ0n) is 14.4. The topological polar surface area (TPSA) is 474 Å². The van der Waals surface area contributed by atoms with E-state index >= 15 is 0 Å². The molecule has 0 aliphatic heterocycles. The number of hydrogen-bond donors (Lipinski definition) is 0. The Morgan fingerprint density at radius 2 is 0.441 bits per heavy atom. The van der Waals surface area contributed by atoms with Crippen molar-refractivity contribution in [3.8, 4) is 0 Å². The molecule has 0 bridgehead atoms. The number of rotatable bonds is 8. The number of hydrogen-bond acceptors (Lipinski definition) is 24. The van der Waals surface area contributed by atoms with Gasteiger partial charge in [-0.05, 0) is 0 Å². The molecule has 32 nitrogen and oxygen atoms in total. The average molecular weight is 556 g/mol. The monoisotopic (exact) mass is 556 g/mol. The zero-order valence-corrected chi connectivity index (χ0v) is 15.9. The Labute approximate surface area is 190 Å². The van der Waals surface area contributed by atoms with Gasteiger partial charge in [0, 0.05) is 0 Å². The third kappa shape index (κ3) is 82.3. The van der Waals surface area contributed by atoms with Crippen LogP contribution in [0.25, 0.3) is 0 Å². The van der Waals surface area contributed by atoms with E-state index in [4.69, 9.17) is 61.3 Å². The fourth-order valence-electron chi connectivity index (χ4n) is 0.465. The quantitative estimate of drug-likeness (QED) is 0.129. The summed E-state index contributed by atoms with van der Waals surface area (Å²) in [6, 6.07) is 0. The summed E-state index contributed by atoms with van der Waals surface area (Å²) < 4.78 is 0. The first-order valence-electron chi connectivity index (χ1n) is 5.20. The standard InChI is InChI=1S/CN4O12.4NO3.Ti/c6-2(7)14-1(15-3(8)9,16-4(10)11)17-5(12)13;4*2-1(3)4;/q;4*-1;+4. The summed E-state index contributed by atoms with van der Waals surface area (Å²) in [7, 11) is 0. The summed E-state index contributed by atoms with van der Waals surface area (Å²) in [5.41, 5.74) is 0. The van der Waals surface area contributed by atoms with Crippen molar-refractivity contribution in [2.45, 2.75) is 6.16 Å². The maximum absolute atomic E-state index is 9.83.